The fraction of sp³-hybridized carbons (Fsp3) is 0.800. The van der Waals surface area contributed by atoms with Gasteiger partial charge < -0.3 is 5.73 Å². The van der Waals surface area contributed by atoms with E-state index in [4.69, 9.17) is 5.73 Å². The minimum atomic E-state index is 0.495. The molecule has 1 nitrogen and oxygen atoms in total. The Morgan fingerprint density at radius 3 is 1.91 bits per heavy atom. The van der Waals surface area contributed by atoms with Crippen LogP contribution < -0.4 is 5.73 Å². The molecule has 0 rings (SSSR count). The van der Waals surface area contributed by atoms with Crippen molar-refractivity contribution in [3.05, 3.63) is 12.2 Å². The maximum atomic E-state index is 5.65. The van der Waals surface area contributed by atoms with Crippen LogP contribution in [0.15, 0.2) is 12.2 Å². The normalized spacial score (nSPS) is 16.5. The Morgan fingerprint density at radius 2 is 1.82 bits per heavy atom. The van der Waals surface area contributed by atoms with Gasteiger partial charge in [-0.1, -0.05) is 32.9 Å². The number of nitrogens with two attached hydrogens (primary N) is 1. The van der Waals surface area contributed by atoms with Crippen LogP contribution in [-0.2, 0) is 0 Å². The molecule has 0 aliphatic heterocycles. The van der Waals surface area contributed by atoms with Gasteiger partial charge in [0, 0.05) is 0 Å². The van der Waals surface area contributed by atoms with Gasteiger partial charge in [-0.25, -0.2) is 0 Å². The van der Waals surface area contributed by atoms with E-state index in [9.17, 15) is 0 Å². The van der Waals surface area contributed by atoms with Crippen molar-refractivity contribution in [1.29, 1.82) is 0 Å². The van der Waals surface area contributed by atoms with Crippen molar-refractivity contribution in [3.63, 3.8) is 0 Å². The quantitative estimate of drug-likeness (QED) is 0.620. The third-order valence-corrected chi connectivity index (χ3v) is 2.57. The average molecular weight is 155 g/mol. The molecule has 2 unspecified atom stereocenters. The summed E-state index contributed by atoms with van der Waals surface area (Å²) in [5.41, 5.74) is 6.87. The van der Waals surface area contributed by atoms with Crippen molar-refractivity contribution in [2.45, 2.75) is 27.7 Å². The minimum absolute atomic E-state index is 0.495. The largest absolute Gasteiger partial charge is 0.330 e. The topological polar surface area (TPSA) is 26.0 Å². The van der Waals surface area contributed by atoms with Crippen molar-refractivity contribution < 1.29 is 0 Å². The van der Waals surface area contributed by atoms with E-state index in [1.54, 1.807) is 0 Å². The molecule has 2 N–H and O–H groups in total. The van der Waals surface area contributed by atoms with Crippen LogP contribution in [0, 0.1) is 17.8 Å². The van der Waals surface area contributed by atoms with E-state index in [2.05, 4.69) is 34.3 Å². The first-order chi connectivity index (χ1) is 5.00. The molecule has 0 saturated heterocycles. The lowest BCUT2D eigenvalue weighted by atomic mass is 9.81. The van der Waals surface area contributed by atoms with E-state index >= 15 is 0 Å². The molecule has 0 radical (unpaired) electrons. The summed E-state index contributed by atoms with van der Waals surface area (Å²) in [6.45, 7) is 13.5. The summed E-state index contributed by atoms with van der Waals surface area (Å²) in [5, 5.41) is 0. The van der Waals surface area contributed by atoms with Crippen LogP contribution in [0.3, 0.4) is 0 Å². The monoisotopic (exact) mass is 155 g/mol. The Balaban J connectivity index is 4.14. The Kier molecular flexibility index (Phi) is 4.43. The molecule has 0 fully saturated rings. The number of rotatable bonds is 4. The smallest absolute Gasteiger partial charge is 0.000904 e. The lowest BCUT2D eigenvalue weighted by Gasteiger charge is -2.25. The van der Waals surface area contributed by atoms with Crippen LogP contribution in [-0.4, -0.2) is 6.54 Å². The van der Waals surface area contributed by atoms with Crippen LogP contribution in [0.2, 0.25) is 0 Å². The summed E-state index contributed by atoms with van der Waals surface area (Å²) in [4.78, 5) is 0. The highest BCUT2D eigenvalue weighted by Gasteiger charge is 2.18. The summed E-state index contributed by atoms with van der Waals surface area (Å²) in [6.07, 6.45) is 0. The second-order valence-electron chi connectivity index (χ2n) is 3.79. The Labute approximate surface area is 70.7 Å². The molecule has 11 heavy (non-hydrogen) atoms. The third kappa shape index (κ3) is 3.06. The minimum Gasteiger partial charge on any atom is -0.330 e. The molecular formula is C10H21N. The lowest BCUT2D eigenvalue weighted by Crippen LogP contribution is -2.25. The van der Waals surface area contributed by atoms with Gasteiger partial charge in [-0.05, 0) is 31.2 Å². The highest BCUT2D eigenvalue weighted by atomic mass is 14.6. The first-order valence-electron chi connectivity index (χ1n) is 4.36. The first-order valence-corrected chi connectivity index (χ1v) is 4.36. The van der Waals surface area contributed by atoms with E-state index in [1.807, 2.05) is 0 Å². The van der Waals surface area contributed by atoms with Crippen LogP contribution >= 0.6 is 0 Å². The van der Waals surface area contributed by atoms with E-state index < -0.39 is 0 Å². The molecule has 0 amide bonds. The van der Waals surface area contributed by atoms with Gasteiger partial charge >= 0.3 is 0 Å². The van der Waals surface area contributed by atoms with Crippen molar-refractivity contribution in [3.8, 4) is 0 Å². The van der Waals surface area contributed by atoms with E-state index in [0.717, 1.165) is 6.54 Å². The summed E-state index contributed by atoms with van der Waals surface area (Å²) in [7, 11) is 0. The predicted octanol–water partition coefficient (Wildman–Crippen LogP) is 2.43. The van der Waals surface area contributed by atoms with Gasteiger partial charge in [0.15, 0.2) is 0 Å². The molecule has 0 aromatic carbocycles. The highest BCUT2D eigenvalue weighted by Crippen LogP contribution is 2.24. The van der Waals surface area contributed by atoms with Gasteiger partial charge in [0.2, 0.25) is 0 Å². The summed E-state index contributed by atoms with van der Waals surface area (Å²) >= 11 is 0. The fourth-order valence-corrected chi connectivity index (χ4v) is 1.33. The molecule has 0 saturated carbocycles. The molecule has 0 aromatic rings. The summed E-state index contributed by atoms with van der Waals surface area (Å²) in [5.74, 6) is 1.84. The maximum absolute atomic E-state index is 5.65. The van der Waals surface area contributed by atoms with Gasteiger partial charge in [0.1, 0.15) is 0 Å². The molecule has 1 heteroatoms. The van der Waals surface area contributed by atoms with Crippen LogP contribution in [0.4, 0.5) is 0 Å². The van der Waals surface area contributed by atoms with Gasteiger partial charge in [0.05, 0.1) is 0 Å². The van der Waals surface area contributed by atoms with E-state index in [0.29, 0.717) is 17.8 Å². The van der Waals surface area contributed by atoms with Crippen molar-refractivity contribution >= 4 is 0 Å². The zero-order chi connectivity index (χ0) is 9.02. The first kappa shape index (κ1) is 10.7. The second-order valence-corrected chi connectivity index (χ2v) is 3.79. The second kappa shape index (κ2) is 4.55. The van der Waals surface area contributed by atoms with Crippen molar-refractivity contribution in [2.75, 3.05) is 6.54 Å². The molecule has 0 heterocycles. The van der Waals surface area contributed by atoms with Crippen molar-refractivity contribution in [1.82, 2.24) is 0 Å². The SMILES string of the molecule is C=C(C)C(CN)C(C)C(C)C. The molecule has 0 bridgehead atoms. The highest BCUT2D eigenvalue weighted by molar-refractivity contribution is 4.99. The van der Waals surface area contributed by atoms with Crippen LogP contribution in [0.5, 0.6) is 0 Å². The molecular weight excluding hydrogens is 134 g/mol. The molecule has 0 spiro atoms. The van der Waals surface area contributed by atoms with Gasteiger partial charge in [-0.15, -0.1) is 0 Å². The molecule has 0 aromatic heterocycles. The molecule has 0 aliphatic carbocycles. The van der Waals surface area contributed by atoms with E-state index in [1.165, 1.54) is 5.57 Å². The fourth-order valence-electron chi connectivity index (χ4n) is 1.33. The summed E-state index contributed by atoms with van der Waals surface area (Å²) < 4.78 is 0. The zero-order valence-electron chi connectivity index (χ0n) is 8.22. The van der Waals surface area contributed by atoms with Gasteiger partial charge in [-0.3, -0.25) is 0 Å². The van der Waals surface area contributed by atoms with Gasteiger partial charge in [-0.2, -0.15) is 0 Å². The summed E-state index contributed by atoms with van der Waals surface area (Å²) in [6, 6.07) is 0. The standard InChI is InChI=1S/C10H21N/c1-7(2)9(5)10(6-11)8(3)4/h7,9-10H,3,6,11H2,1-2,4-5H3. The van der Waals surface area contributed by atoms with E-state index in [-0.39, 0.29) is 0 Å². The number of hydrogen-bond acceptors (Lipinski definition) is 1. The Hall–Kier alpha value is -0.300. The number of hydrogen-bond donors (Lipinski definition) is 1. The third-order valence-electron chi connectivity index (χ3n) is 2.57. The molecule has 0 aliphatic rings. The molecule has 2 atom stereocenters. The lowest BCUT2D eigenvalue weighted by molar-refractivity contribution is 0.318. The average Bonchev–Trinajstić information content (AvgIpc) is 1.88. The van der Waals surface area contributed by atoms with Crippen LogP contribution in [0.1, 0.15) is 27.7 Å². The van der Waals surface area contributed by atoms with Crippen molar-refractivity contribution in [2.24, 2.45) is 23.5 Å². The van der Waals surface area contributed by atoms with Gasteiger partial charge in [0.25, 0.3) is 0 Å². The maximum Gasteiger partial charge on any atom is -0.000904 e. The zero-order valence-corrected chi connectivity index (χ0v) is 8.22. The Morgan fingerprint density at radius 1 is 1.36 bits per heavy atom. The predicted molar refractivity (Wildman–Crippen MR) is 51.4 cm³/mol. The Bertz CT molecular complexity index is 127. The van der Waals surface area contributed by atoms with Crippen LogP contribution in [0.25, 0.3) is 0 Å². The molecule has 66 valence electrons.